The van der Waals surface area contributed by atoms with Gasteiger partial charge in [-0.15, -0.1) is 11.8 Å². The molecule has 29 heavy (non-hydrogen) atoms. The normalized spacial score (nSPS) is 18.8. The van der Waals surface area contributed by atoms with Crippen LogP contribution in [-0.4, -0.2) is 26.9 Å². The van der Waals surface area contributed by atoms with Crippen LogP contribution in [0, 0.1) is 12.8 Å². The fourth-order valence-electron chi connectivity index (χ4n) is 3.76. The van der Waals surface area contributed by atoms with Crippen molar-refractivity contribution < 1.29 is 17.6 Å². The van der Waals surface area contributed by atoms with Gasteiger partial charge < -0.3 is 5.32 Å². The first-order valence-corrected chi connectivity index (χ1v) is 10.5. The number of rotatable bonds is 7. The summed E-state index contributed by atoms with van der Waals surface area (Å²) in [6, 6.07) is 3.56. The summed E-state index contributed by atoms with van der Waals surface area (Å²) in [5, 5.41) is 8.01. The molecular formula is C20H24F4N4S. The van der Waals surface area contributed by atoms with Crippen LogP contribution in [0.5, 0.6) is 0 Å². The largest absolute Gasteiger partial charge is 0.354 e. The molecule has 4 nitrogen and oxygen atoms in total. The molecule has 9 heteroatoms. The van der Waals surface area contributed by atoms with E-state index in [1.165, 1.54) is 16.4 Å². The number of pyridine rings is 1. The van der Waals surface area contributed by atoms with Crippen LogP contribution in [0.15, 0.2) is 29.9 Å². The first kappa shape index (κ1) is 21.7. The lowest BCUT2D eigenvalue weighted by Gasteiger charge is -2.16. The lowest BCUT2D eigenvalue weighted by Crippen LogP contribution is -2.17. The fraction of sp³-hybridized carbons (Fsp3) is 0.500. The van der Waals surface area contributed by atoms with E-state index >= 15 is 0 Å². The van der Waals surface area contributed by atoms with Crippen molar-refractivity contribution in [2.45, 2.75) is 56.5 Å². The highest BCUT2D eigenvalue weighted by Crippen LogP contribution is 2.40. The Bertz CT molecular complexity index is 904. The minimum atomic E-state index is -3.15. The van der Waals surface area contributed by atoms with Crippen molar-refractivity contribution in [3.63, 3.8) is 0 Å². The number of nitrogens with zero attached hydrogens (tertiary/aromatic N) is 3. The third-order valence-corrected chi connectivity index (χ3v) is 5.71. The molecule has 1 fully saturated rings. The van der Waals surface area contributed by atoms with Crippen molar-refractivity contribution in [3.8, 4) is 0 Å². The zero-order valence-electron chi connectivity index (χ0n) is 16.6. The number of thioether (sulfide) groups is 1. The molecule has 1 atom stereocenters. The van der Waals surface area contributed by atoms with Crippen LogP contribution < -0.4 is 5.32 Å². The molecule has 2 aromatic heterocycles. The number of halogens is 4. The molecule has 0 aromatic carbocycles. The van der Waals surface area contributed by atoms with Crippen molar-refractivity contribution in [3.05, 3.63) is 41.9 Å². The monoisotopic (exact) mass is 428 g/mol. The van der Waals surface area contributed by atoms with Crippen LogP contribution in [0.25, 0.3) is 5.70 Å². The zero-order valence-corrected chi connectivity index (χ0v) is 17.4. The second kappa shape index (κ2) is 8.01. The molecular weight excluding hydrogens is 404 g/mol. The maximum atomic E-state index is 14.1. The minimum Gasteiger partial charge on any atom is -0.354 e. The van der Waals surface area contributed by atoms with Crippen LogP contribution in [-0.2, 0) is 12.5 Å². The molecule has 0 aliphatic heterocycles. The average molecular weight is 428 g/mol. The maximum absolute atomic E-state index is 14.1. The van der Waals surface area contributed by atoms with Gasteiger partial charge in [-0.25, -0.2) is 13.8 Å². The predicted octanol–water partition coefficient (Wildman–Crippen LogP) is 5.94. The Morgan fingerprint density at radius 3 is 2.76 bits per heavy atom. The zero-order chi connectivity index (χ0) is 21.4. The van der Waals surface area contributed by atoms with Crippen molar-refractivity contribution in [2.24, 2.45) is 5.92 Å². The van der Waals surface area contributed by atoms with E-state index in [-0.39, 0.29) is 31.0 Å². The van der Waals surface area contributed by atoms with Crippen LogP contribution in [0.1, 0.15) is 43.1 Å². The Labute approximate surface area is 171 Å². The Kier molecular flexibility index (Phi) is 5.98. The van der Waals surface area contributed by atoms with Crippen LogP contribution in [0.4, 0.5) is 23.2 Å². The van der Waals surface area contributed by atoms with Crippen molar-refractivity contribution in [2.75, 3.05) is 11.6 Å². The number of alkyl halides is 4. The van der Waals surface area contributed by atoms with Gasteiger partial charge in [0.25, 0.3) is 5.92 Å². The Morgan fingerprint density at radius 2 is 2.17 bits per heavy atom. The van der Waals surface area contributed by atoms with Gasteiger partial charge in [0.1, 0.15) is 5.69 Å². The lowest BCUT2D eigenvalue weighted by atomic mass is 10.1. The maximum Gasteiger partial charge on any atom is 0.289 e. The topological polar surface area (TPSA) is 42.7 Å². The molecule has 2 heterocycles. The van der Waals surface area contributed by atoms with E-state index in [0.717, 1.165) is 11.9 Å². The summed E-state index contributed by atoms with van der Waals surface area (Å²) in [5.74, 6) is -6.17. The molecule has 1 saturated carbocycles. The number of hydrogen-bond acceptors (Lipinski definition) is 4. The number of anilines is 1. The quantitative estimate of drug-likeness (QED) is 0.438. The second-order valence-corrected chi connectivity index (χ2v) is 8.37. The molecule has 0 spiro atoms. The molecule has 1 unspecified atom stereocenters. The Morgan fingerprint density at radius 1 is 1.45 bits per heavy atom. The van der Waals surface area contributed by atoms with Gasteiger partial charge in [0.2, 0.25) is 5.92 Å². The van der Waals surface area contributed by atoms with Crippen LogP contribution in [0.3, 0.4) is 0 Å². The van der Waals surface area contributed by atoms with Gasteiger partial charge in [-0.3, -0.25) is 4.68 Å². The first-order valence-electron chi connectivity index (χ1n) is 9.30. The Hall–Kier alpha value is -2.03. The summed E-state index contributed by atoms with van der Waals surface area (Å²) in [4.78, 5) is 4.20. The molecule has 1 N–H and O–H groups in total. The molecule has 0 saturated heterocycles. The van der Waals surface area contributed by atoms with E-state index in [4.69, 9.17) is 0 Å². The fourth-order valence-corrected chi connectivity index (χ4v) is 4.17. The average Bonchev–Trinajstić information content (AvgIpc) is 3.13. The summed E-state index contributed by atoms with van der Waals surface area (Å²) in [7, 11) is 0. The summed E-state index contributed by atoms with van der Waals surface area (Å²) >= 11 is 1.47. The highest BCUT2D eigenvalue weighted by Gasteiger charge is 2.40. The molecule has 1 aliphatic carbocycles. The van der Waals surface area contributed by atoms with Crippen LogP contribution >= 0.6 is 11.8 Å². The minimum absolute atomic E-state index is 0.148. The van der Waals surface area contributed by atoms with Crippen molar-refractivity contribution in [1.82, 2.24) is 14.8 Å². The SMILES string of the molecule is C=C(Nc1ccnc(SC)c1)c1c(C)c(C(C)(F)F)nn1CC1CCC(F)(F)C1. The number of aromatic nitrogens is 3. The van der Waals surface area contributed by atoms with E-state index in [1.54, 1.807) is 19.2 Å². The van der Waals surface area contributed by atoms with Gasteiger partial charge in [-0.2, -0.15) is 13.9 Å². The van der Waals surface area contributed by atoms with E-state index in [1.807, 2.05) is 12.3 Å². The molecule has 0 radical (unpaired) electrons. The van der Waals surface area contributed by atoms with Crippen LogP contribution in [0.2, 0.25) is 0 Å². The number of nitrogens with one attached hydrogen (secondary N) is 1. The third-order valence-electron chi connectivity index (χ3n) is 5.07. The van der Waals surface area contributed by atoms with E-state index in [9.17, 15) is 17.6 Å². The Balaban J connectivity index is 1.92. The summed E-state index contributed by atoms with van der Waals surface area (Å²) in [6.07, 6.45) is 3.43. The van der Waals surface area contributed by atoms with Gasteiger partial charge in [0.05, 0.1) is 16.4 Å². The second-order valence-electron chi connectivity index (χ2n) is 7.55. The van der Waals surface area contributed by atoms with E-state index in [0.29, 0.717) is 29.1 Å². The summed E-state index contributed by atoms with van der Waals surface area (Å²) < 4.78 is 56.8. The highest BCUT2D eigenvalue weighted by atomic mass is 32.2. The molecule has 1 aliphatic rings. The molecule has 2 aromatic rings. The number of hydrogen-bond donors (Lipinski definition) is 1. The first-order chi connectivity index (χ1) is 13.5. The molecule has 0 amide bonds. The lowest BCUT2D eigenvalue weighted by molar-refractivity contribution is 0.00345. The van der Waals surface area contributed by atoms with Crippen molar-refractivity contribution >= 4 is 23.1 Å². The molecule has 3 rings (SSSR count). The van der Waals surface area contributed by atoms with E-state index in [2.05, 4.69) is 22.0 Å². The van der Waals surface area contributed by atoms with Gasteiger partial charge >= 0.3 is 0 Å². The van der Waals surface area contributed by atoms with Gasteiger partial charge in [-0.1, -0.05) is 6.58 Å². The van der Waals surface area contributed by atoms with E-state index < -0.39 is 11.8 Å². The standard InChI is InChI=1S/C20H24F4N4S/c1-12-17(13(2)26-15-6-8-25-16(9-15)29-4)28(27-18(12)19(3,21)22)11-14-5-7-20(23,24)10-14/h6,8-9,14H,2,5,7,10-11H2,1,3-4H3,(H,25,26). The highest BCUT2D eigenvalue weighted by molar-refractivity contribution is 7.98. The van der Waals surface area contributed by atoms with Crippen molar-refractivity contribution in [1.29, 1.82) is 0 Å². The predicted molar refractivity (Wildman–Crippen MR) is 107 cm³/mol. The molecule has 0 bridgehead atoms. The van der Waals surface area contributed by atoms with Gasteiger partial charge in [-0.05, 0) is 37.7 Å². The van der Waals surface area contributed by atoms with Gasteiger partial charge in [0, 0.05) is 43.8 Å². The summed E-state index contributed by atoms with van der Waals surface area (Å²) in [5.41, 5.74) is 1.42. The third kappa shape index (κ3) is 4.94. The summed E-state index contributed by atoms with van der Waals surface area (Å²) in [6.45, 7) is 6.49. The molecule has 158 valence electrons. The van der Waals surface area contributed by atoms with Gasteiger partial charge in [0.15, 0.2) is 0 Å². The smallest absolute Gasteiger partial charge is 0.289 e.